The van der Waals surface area contributed by atoms with Crippen molar-refractivity contribution in [1.82, 2.24) is 4.90 Å². The summed E-state index contributed by atoms with van der Waals surface area (Å²) in [6.45, 7) is 6.69. The number of anilines is 1. The second-order valence-electron chi connectivity index (χ2n) is 6.17. The van der Waals surface area contributed by atoms with Gasteiger partial charge in [0.05, 0.1) is 6.54 Å². The first-order valence-corrected chi connectivity index (χ1v) is 8.14. The molecule has 0 aliphatic rings. The molecule has 0 atom stereocenters. The van der Waals surface area contributed by atoms with Gasteiger partial charge in [-0.2, -0.15) is 0 Å². The highest BCUT2D eigenvalue weighted by Gasteiger charge is 2.15. The maximum atomic E-state index is 12.4. The Labute approximate surface area is 143 Å². The van der Waals surface area contributed by atoms with Crippen molar-refractivity contribution in [1.29, 1.82) is 0 Å². The monoisotopic (exact) mass is 324 g/mol. The molecule has 0 bridgehead atoms. The average Bonchev–Trinajstić information content (AvgIpc) is 2.55. The van der Waals surface area contributed by atoms with Crippen LogP contribution in [0, 0.1) is 0 Å². The third-order valence-electron chi connectivity index (χ3n) is 3.86. The second-order valence-corrected chi connectivity index (χ2v) is 6.17. The van der Waals surface area contributed by atoms with Crippen LogP contribution in [0.5, 0.6) is 0 Å². The highest BCUT2D eigenvalue weighted by molar-refractivity contribution is 5.97. The molecule has 0 aliphatic carbocycles. The summed E-state index contributed by atoms with van der Waals surface area (Å²) < 4.78 is 0. The van der Waals surface area contributed by atoms with Crippen molar-refractivity contribution in [3.63, 3.8) is 0 Å². The van der Waals surface area contributed by atoms with E-state index in [1.54, 1.807) is 24.3 Å². The molecule has 4 heteroatoms. The van der Waals surface area contributed by atoms with Gasteiger partial charge in [-0.1, -0.05) is 42.5 Å². The largest absolute Gasteiger partial charge is 0.325 e. The van der Waals surface area contributed by atoms with Crippen LogP contribution < -0.4 is 5.32 Å². The fraction of sp³-hybridized carbons (Fsp3) is 0.300. The Hall–Kier alpha value is -2.46. The lowest BCUT2D eigenvalue weighted by Crippen LogP contribution is -2.37. The fourth-order valence-electron chi connectivity index (χ4n) is 2.44. The summed E-state index contributed by atoms with van der Waals surface area (Å²) in [5.41, 5.74) is 2.42. The molecule has 0 saturated carbocycles. The van der Waals surface area contributed by atoms with Crippen LogP contribution in [0.1, 0.15) is 36.7 Å². The van der Waals surface area contributed by atoms with E-state index in [4.69, 9.17) is 0 Å². The number of rotatable bonds is 7. The van der Waals surface area contributed by atoms with E-state index >= 15 is 0 Å². The SMILES string of the molecule is CC(=O)c1cccc(NC(=O)CN(Cc2ccccc2)C(C)C)c1. The molecule has 24 heavy (non-hydrogen) atoms. The van der Waals surface area contributed by atoms with Gasteiger partial charge in [0.2, 0.25) is 5.91 Å². The predicted molar refractivity (Wildman–Crippen MR) is 97.1 cm³/mol. The van der Waals surface area contributed by atoms with Crippen LogP contribution in [0.25, 0.3) is 0 Å². The van der Waals surface area contributed by atoms with Crippen LogP contribution in [0.15, 0.2) is 54.6 Å². The van der Waals surface area contributed by atoms with Crippen molar-refractivity contribution in [2.45, 2.75) is 33.4 Å². The molecule has 2 aromatic rings. The van der Waals surface area contributed by atoms with E-state index in [2.05, 4.69) is 36.2 Å². The molecule has 0 fully saturated rings. The normalized spacial score (nSPS) is 10.9. The average molecular weight is 324 g/mol. The van der Waals surface area contributed by atoms with Gasteiger partial charge in [-0.15, -0.1) is 0 Å². The first-order chi connectivity index (χ1) is 11.5. The number of amides is 1. The van der Waals surface area contributed by atoms with Gasteiger partial charge < -0.3 is 5.32 Å². The van der Waals surface area contributed by atoms with Crippen molar-refractivity contribution in [3.8, 4) is 0 Å². The van der Waals surface area contributed by atoms with Gasteiger partial charge >= 0.3 is 0 Å². The molecular weight excluding hydrogens is 300 g/mol. The Morgan fingerprint density at radius 3 is 2.38 bits per heavy atom. The molecule has 0 radical (unpaired) electrons. The van der Waals surface area contributed by atoms with E-state index in [9.17, 15) is 9.59 Å². The minimum absolute atomic E-state index is 0.0148. The molecule has 0 heterocycles. The zero-order valence-corrected chi connectivity index (χ0v) is 14.5. The minimum Gasteiger partial charge on any atom is -0.325 e. The predicted octanol–water partition coefficient (Wildman–Crippen LogP) is 3.74. The van der Waals surface area contributed by atoms with Crippen molar-refractivity contribution in [2.75, 3.05) is 11.9 Å². The summed E-state index contributed by atoms with van der Waals surface area (Å²) in [6, 6.07) is 17.4. The first-order valence-electron chi connectivity index (χ1n) is 8.14. The van der Waals surface area contributed by atoms with Gasteiger partial charge in [-0.3, -0.25) is 14.5 Å². The van der Waals surface area contributed by atoms with Gasteiger partial charge in [0.15, 0.2) is 5.78 Å². The topological polar surface area (TPSA) is 49.4 Å². The summed E-state index contributed by atoms with van der Waals surface area (Å²) in [4.78, 5) is 25.9. The van der Waals surface area contributed by atoms with Gasteiger partial charge in [-0.05, 0) is 38.5 Å². The third kappa shape index (κ3) is 5.32. The number of ketones is 1. The molecule has 0 aromatic heterocycles. The number of benzene rings is 2. The smallest absolute Gasteiger partial charge is 0.238 e. The standard InChI is InChI=1S/C20H24N2O2/c1-15(2)22(13-17-8-5-4-6-9-17)14-20(24)21-19-11-7-10-18(12-19)16(3)23/h4-12,15H,13-14H2,1-3H3,(H,21,24). The number of hydrogen-bond acceptors (Lipinski definition) is 3. The van der Waals surface area contributed by atoms with Gasteiger partial charge in [0.1, 0.15) is 0 Å². The van der Waals surface area contributed by atoms with Crippen molar-refractivity contribution in [2.24, 2.45) is 0 Å². The highest BCUT2D eigenvalue weighted by Crippen LogP contribution is 2.12. The van der Waals surface area contributed by atoms with E-state index in [1.807, 2.05) is 18.2 Å². The Bertz CT molecular complexity index is 696. The number of Topliss-reactive ketones (excluding diaryl/α,β-unsaturated/α-hetero) is 1. The van der Waals surface area contributed by atoms with E-state index in [1.165, 1.54) is 12.5 Å². The Balaban J connectivity index is 2.00. The lowest BCUT2D eigenvalue weighted by Gasteiger charge is -2.26. The third-order valence-corrected chi connectivity index (χ3v) is 3.86. The van der Waals surface area contributed by atoms with Gasteiger partial charge in [0, 0.05) is 23.8 Å². The van der Waals surface area contributed by atoms with Crippen LogP contribution in [0.2, 0.25) is 0 Å². The Morgan fingerprint density at radius 2 is 1.75 bits per heavy atom. The van der Waals surface area contributed by atoms with Gasteiger partial charge in [-0.25, -0.2) is 0 Å². The lowest BCUT2D eigenvalue weighted by atomic mass is 10.1. The lowest BCUT2D eigenvalue weighted by molar-refractivity contribution is -0.117. The zero-order valence-electron chi connectivity index (χ0n) is 14.5. The molecule has 2 rings (SSSR count). The highest BCUT2D eigenvalue weighted by atomic mass is 16.2. The van der Waals surface area contributed by atoms with Gasteiger partial charge in [0.25, 0.3) is 0 Å². The number of carbonyl (C=O) groups is 2. The molecule has 0 saturated heterocycles. The Morgan fingerprint density at radius 1 is 1.04 bits per heavy atom. The van der Waals surface area contributed by atoms with Crippen LogP contribution in [0.3, 0.4) is 0 Å². The molecule has 0 unspecified atom stereocenters. The molecule has 1 amide bonds. The Kier molecular flexibility index (Phi) is 6.27. The molecule has 126 valence electrons. The van der Waals surface area contributed by atoms with E-state index in [0.29, 0.717) is 17.8 Å². The maximum Gasteiger partial charge on any atom is 0.238 e. The van der Waals surface area contributed by atoms with Crippen LogP contribution in [0.4, 0.5) is 5.69 Å². The zero-order chi connectivity index (χ0) is 17.5. The molecule has 0 spiro atoms. The second kappa shape index (κ2) is 8.41. The quantitative estimate of drug-likeness (QED) is 0.789. The van der Waals surface area contributed by atoms with Crippen LogP contribution in [-0.4, -0.2) is 29.2 Å². The number of carbonyl (C=O) groups excluding carboxylic acids is 2. The summed E-state index contributed by atoms with van der Waals surface area (Å²) in [5.74, 6) is -0.0979. The van der Waals surface area contributed by atoms with Crippen molar-refractivity contribution >= 4 is 17.4 Å². The van der Waals surface area contributed by atoms with Crippen molar-refractivity contribution in [3.05, 3.63) is 65.7 Å². The maximum absolute atomic E-state index is 12.4. The van der Waals surface area contributed by atoms with E-state index < -0.39 is 0 Å². The number of hydrogen-bond donors (Lipinski definition) is 1. The van der Waals surface area contributed by atoms with Crippen LogP contribution >= 0.6 is 0 Å². The molecule has 4 nitrogen and oxygen atoms in total. The van der Waals surface area contributed by atoms with E-state index in [0.717, 1.165) is 6.54 Å². The molecule has 1 N–H and O–H groups in total. The summed E-state index contributed by atoms with van der Waals surface area (Å²) in [6.07, 6.45) is 0. The molecular formula is C20H24N2O2. The summed E-state index contributed by atoms with van der Waals surface area (Å²) in [7, 11) is 0. The summed E-state index contributed by atoms with van der Waals surface area (Å²) >= 11 is 0. The molecule has 0 aliphatic heterocycles. The fourth-order valence-corrected chi connectivity index (χ4v) is 2.44. The first kappa shape index (κ1) is 17.9. The molecule has 2 aromatic carbocycles. The van der Waals surface area contributed by atoms with Crippen molar-refractivity contribution < 1.29 is 9.59 Å². The summed E-state index contributed by atoms with van der Waals surface area (Å²) in [5, 5.41) is 2.88. The van der Waals surface area contributed by atoms with E-state index in [-0.39, 0.29) is 17.7 Å². The number of nitrogens with one attached hydrogen (secondary N) is 1. The number of nitrogens with zero attached hydrogens (tertiary/aromatic N) is 1. The minimum atomic E-state index is -0.0830. The van der Waals surface area contributed by atoms with Crippen LogP contribution in [-0.2, 0) is 11.3 Å².